The smallest absolute Gasteiger partial charge is 0.220 e. The van der Waals surface area contributed by atoms with E-state index in [0.717, 1.165) is 39.0 Å². The van der Waals surface area contributed by atoms with Crippen LogP contribution in [0.3, 0.4) is 0 Å². The molecule has 0 aliphatic carbocycles. The normalized spacial score (nSPS) is 11.1. The monoisotopic (exact) mass is 453 g/mol. The summed E-state index contributed by atoms with van der Waals surface area (Å²) in [6.45, 7) is 11.5. The Hall–Kier alpha value is -1.10. The Labute approximate surface area is 199 Å². The Bertz CT molecular complexity index is 421. The third kappa shape index (κ3) is 22.1. The molecule has 0 aliphatic rings. The molecule has 0 fully saturated rings. The lowest BCUT2D eigenvalue weighted by Crippen LogP contribution is -2.32. The van der Waals surface area contributed by atoms with Gasteiger partial charge < -0.3 is 15.5 Å². The second kappa shape index (κ2) is 24.5. The molecule has 0 aromatic heterocycles. The van der Waals surface area contributed by atoms with E-state index in [2.05, 4.69) is 36.3 Å². The summed E-state index contributed by atoms with van der Waals surface area (Å²) < 4.78 is 0. The second-order valence-corrected chi connectivity index (χ2v) is 9.28. The van der Waals surface area contributed by atoms with Gasteiger partial charge in [0.2, 0.25) is 11.8 Å². The van der Waals surface area contributed by atoms with Crippen LogP contribution in [0.1, 0.15) is 130 Å². The number of nitrogens with one attached hydrogen (secondary N) is 2. The van der Waals surface area contributed by atoms with E-state index in [0.29, 0.717) is 19.4 Å². The number of hydrogen-bond donors (Lipinski definition) is 2. The molecule has 5 heteroatoms. The summed E-state index contributed by atoms with van der Waals surface area (Å²) in [7, 11) is 0. The Balaban J connectivity index is 3.56. The molecule has 0 radical (unpaired) electrons. The molecule has 190 valence electrons. The lowest BCUT2D eigenvalue weighted by molar-refractivity contribution is -0.126. The van der Waals surface area contributed by atoms with Gasteiger partial charge in [0.15, 0.2) is 0 Å². The molecule has 0 rings (SSSR count). The second-order valence-electron chi connectivity index (χ2n) is 9.28. The Morgan fingerprint density at radius 1 is 0.500 bits per heavy atom. The topological polar surface area (TPSA) is 61.4 Å². The average Bonchev–Trinajstić information content (AvgIpc) is 2.80. The summed E-state index contributed by atoms with van der Waals surface area (Å²) in [5.74, 6) is -0.00543. The van der Waals surface area contributed by atoms with E-state index in [1.807, 2.05) is 0 Å². The first kappa shape index (κ1) is 30.9. The van der Waals surface area contributed by atoms with Crippen molar-refractivity contribution in [3.8, 4) is 0 Å². The zero-order valence-corrected chi connectivity index (χ0v) is 21.8. The third-order valence-electron chi connectivity index (χ3n) is 6.06. The molecule has 0 saturated carbocycles. The maximum atomic E-state index is 12.0. The van der Waals surface area contributed by atoms with Gasteiger partial charge in [0.1, 0.15) is 0 Å². The summed E-state index contributed by atoms with van der Waals surface area (Å²) >= 11 is 0. The van der Waals surface area contributed by atoms with Gasteiger partial charge in [-0.05, 0) is 45.3 Å². The molecule has 0 aromatic rings. The van der Waals surface area contributed by atoms with Crippen molar-refractivity contribution in [1.29, 1.82) is 0 Å². The SMILES string of the molecule is CCCCCCCCCCCCNC(=O)CCC(=O)NCCCN(CCCC)CCCC. The lowest BCUT2D eigenvalue weighted by Gasteiger charge is -2.21. The molecule has 2 N–H and O–H groups in total. The van der Waals surface area contributed by atoms with Crippen molar-refractivity contribution in [3.63, 3.8) is 0 Å². The minimum absolute atomic E-state index is 0.00128. The first-order chi connectivity index (χ1) is 15.6. The number of nitrogens with zero attached hydrogens (tertiary/aromatic N) is 1. The molecule has 0 aliphatic heterocycles. The van der Waals surface area contributed by atoms with Crippen molar-refractivity contribution < 1.29 is 9.59 Å². The highest BCUT2D eigenvalue weighted by atomic mass is 16.2. The van der Waals surface area contributed by atoms with Gasteiger partial charge in [-0.2, -0.15) is 0 Å². The first-order valence-electron chi connectivity index (χ1n) is 13.9. The fourth-order valence-corrected chi connectivity index (χ4v) is 3.87. The van der Waals surface area contributed by atoms with Crippen LogP contribution in [0.25, 0.3) is 0 Å². The van der Waals surface area contributed by atoms with Crippen LogP contribution in [0.2, 0.25) is 0 Å². The molecule has 2 amide bonds. The average molecular weight is 454 g/mol. The number of carbonyl (C=O) groups excluding carboxylic acids is 2. The van der Waals surface area contributed by atoms with Crippen LogP contribution >= 0.6 is 0 Å². The van der Waals surface area contributed by atoms with Crippen LogP contribution in [0, 0.1) is 0 Å². The molecule has 0 aromatic carbocycles. The molecule has 32 heavy (non-hydrogen) atoms. The van der Waals surface area contributed by atoms with E-state index in [-0.39, 0.29) is 11.8 Å². The van der Waals surface area contributed by atoms with Gasteiger partial charge in [-0.25, -0.2) is 0 Å². The minimum atomic E-state index is -0.00671. The Kier molecular flexibility index (Phi) is 23.7. The van der Waals surface area contributed by atoms with Gasteiger partial charge in [-0.15, -0.1) is 0 Å². The van der Waals surface area contributed by atoms with Crippen LogP contribution in [-0.2, 0) is 9.59 Å². The van der Waals surface area contributed by atoms with Gasteiger partial charge in [0.25, 0.3) is 0 Å². The number of hydrogen-bond acceptors (Lipinski definition) is 3. The molecule has 0 unspecified atom stereocenters. The van der Waals surface area contributed by atoms with E-state index in [1.165, 1.54) is 83.5 Å². The zero-order valence-electron chi connectivity index (χ0n) is 21.8. The van der Waals surface area contributed by atoms with Gasteiger partial charge >= 0.3 is 0 Å². The van der Waals surface area contributed by atoms with Crippen molar-refractivity contribution in [1.82, 2.24) is 15.5 Å². The quantitative estimate of drug-likeness (QED) is 0.171. The first-order valence-corrected chi connectivity index (χ1v) is 13.9. The molecule has 0 saturated heterocycles. The fraction of sp³-hybridized carbons (Fsp3) is 0.926. The molecule has 0 heterocycles. The summed E-state index contributed by atoms with van der Waals surface area (Å²) in [6.07, 6.45) is 19.5. The maximum Gasteiger partial charge on any atom is 0.220 e. The third-order valence-corrected chi connectivity index (χ3v) is 6.06. The highest BCUT2D eigenvalue weighted by Gasteiger charge is 2.07. The summed E-state index contributed by atoms with van der Waals surface area (Å²) in [5.41, 5.74) is 0. The zero-order chi connectivity index (χ0) is 23.7. The highest BCUT2D eigenvalue weighted by Crippen LogP contribution is 2.10. The lowest BCUT2D eigenvalue weighted by atomic mass is 10.1. The fourth-order valence-electron chi connectivity index (χ4n) is 3.87. The maximum absolute atomic E-state index is 12.0. The van der Waals surface area contributed by atoms with E-state index in [1.54, 1.807) is 0 Å². The van der Waals surface area contributed by atoms with E-state index >= 15 is 0 Å². The number of carbonyl (C=O) groups is 2. The molecule has 0 spiro atoms. The summed E-state index contributed by atoms with van der Waals surface area (Å²) in [6, 6.07) is 0. The highest BCUT2D eigenvalue weighted by molar-refractivity contribution is 5.83. The van der Waals surface area contributed by atoms with Crippen molar-refractivity contribution in [2.75, 3.05) is 32.7 Å². The van der Waals surface area contributed by atoms with Crippen molar-refractivity contribution in [3.05, 3.63) is 0 Å². The number of unbranched alkanes of at least 4 members (excludes halogenated alkanes) is 11. The largest absolute Gasteiger partial charge is 0.356 e. The molecule has 5 nitrogen and oxygen atoms in total. The number of rotatable bonds is 24. The van der Waals surface area contributed by atoms with E-state index in [9.17, 15) is 9.59 Å². The van der Waals surface area contributed by atoms with Crippen molar-refractivity contribution in [2.24, 2.45) is 0 Å². The van der Waals surface area contributed by atoms with Gasteiger partial charge in [-0.1, -0.05) is 91.4 Å². The van der Waals surface area contributed by atoms with Gasteiger partial charge in [0, 0.05) is 25.9 Å². The van der Waals surface area contributed by atoms with E-state index in [4.69, 9.17) is 0 Å². The molecular formula is C27H55N3O2. The molecule has 0 bridgehead atoms. The van der Waals surface area contributed by atoms with Crippen molar-refractivity contribution >= 4 is 11.8 Å². The predicted octanol–water partition coefficient (Wildman–Crippen LogP) is 6.21. The Morgan fingerprint density at radius 3 is 1.34 bits per heavy atom. The van der Waals surface area contributed by atoms with Gasteiger partial charge in [-0.3, -0.25) is 9.59 Å². The van der Waals surface area contributed by atoms with Crippen LogP contribution in [0.4, 0.5) is 0 Å². The van der Waals surface area contributed by atoms with Crippen LogP contribution in [-0.4, -0.2) is 49.4 Å². The molecular weight excluding hydrogens is 398 g/mol. The van der Waals surface area contributed by atoms with E-state index < -0.39 is 0 Å². The number of amides is 2. The molecule has 0 atom stereocenters. The van der Waals surface area contributed by atoms with Crippen LogP contribution in [0.5, 0.6) is 0 Å². The minimum Gasteiger partial charge on any atom is -0.356 e. The standard InChI is InChI=1S/C27H55N3O2/c1-4-7-10-11-12-13-14-15-16-17-21-28-26(31)19-20-27(32)29-22-18-25-30(23-8-5-2)24-9-6-3/h4-25H2,1-3H3,(H,28,31)(H,29,32). The Morgan fingerprint density at radius 2 is 0.875 bits per heavy atom. The predicted molar refractivity (Wildman–Crippen MR) is 138 cm³/mol. The summed E-state index contributed by atoms with van der Waals surface area (Å²) in [4.78, 5) is 26.4. The van der Waals surface area contributed by atoms with Crippen LogP contribution < -0.4 is 10.6 Å². The summed E-state index contributed by atoms with van der Waals surface area (Å²) in [5, 5.41) is 5.93. The van der Waals surface area contributed by atoms with Crippen LogP contribution in [0.15, 0.2) is 0 Å². The van der Waals surface area contributed by atoms with Crippen molar-refractivity contribution in [2.45, 2.75) is 130 Å². The van der Waals surface area contributed by atoms with Gasteiger partial charge in [0.05, 0.1) is 0 Å².